The zero-order valence-electron chi connectivity index (χ0n) is 13.8. The smallest absolute Gasteiger partial charge is 0.140 e. The van der Waals surface area contributed by atoms with E-state index in [2.05, 4.69) is 72.0 Å². The fourth-order valence-corrected chi connectivity index (χ4v) is 3.48. The predicted molar refractivity (Wildman–Crippen MR) is 98.2 cm³/mol. The van der Waals surface area contributed by atoms with E-state index in [1.165, 1.54) is 22.3 Å². The Morgan fingerprint density at radius 3 is 2.42 bits per heavy atom. The largest absolute Gasteiger partial charge is 0.484 e. The molecule has 1 aliphatic carbocycles. The van der Waals surface area contributed by atoms with Crippen LogP contribution in [-0.2, 0) is 6.42 Å². The third-order valence-corrected chi connectivity index (χ3v) is 4.74. The fraction of sp³-hybridized carbons (Fsp3) is 0.182. The molecule has 0 amide bonds. The van der Waals surface area contributed by atoms with Gasteiger partial charge in [-0.15, -0.1) is 0 Å². The van der Waals surface area contributed by atoms with Gasteiger partial charge < -0.3 is 10.1 Å². The number of nitrogens with one attached hydrogen (secondary N) is 1. The van der Waals surface area contributed by atoms with Gasteiger partial charge in [0, 0.05) is 0 Å². The summed E-state index contributed by atoms with van der Waals surface area (Å²) in [6, 6.07) is 27.6. The van der Waals surface area contributed by atoms with Crippen LogP contribution in [-0.4, -0.2) is 13.1 Å². The molecule has 0 heterocycles. The average molecular weight is 315 g/mol. The third-order valence-electron chi connectivity index (χ3n) is 4.74. The van der Waals surface area contributed by atoms with E-state index in [4.69, 9.17) is 4.74 Å². The standard InChI is InChI=1S/C22H21NO/c1-23-21-15-18-10-5-6-13-20(18)22(21)24-19-12-7-11-17(14-19)16-8-3-2-4-9-16/h2-14,21-23H,15H2,1H3. The average Bonchev–Trinajstić information content (AvgIpc) is 3.00. The highest BCUT2D eigenvalue weighted by molar-refractivity contribution is 5.64. The Kier molecular flexibility index (Phi) is 4.06. The molecule has 2 unspecified atom stereocenters. The van der Waals surface area contributed by atoms with Gasteiger partial charge in [0.15, 0.2) is 0 Å². The van der Waals surface area contributed by atoms with E-state index in [1.807, 2.05) is 19.2 Å². The summed E-state index contributed by atoms with van der Waals surface area (Å²) in [4.78, 5) is 0. The molecule has 2 nitrogen and oxygen atoms in total. The van der Waals surface area contributed by atoms with Crippen molar-refractivity contribution in [3.8, 4) is 16.9 Å². The van der Waals surface area contributed by atoms with Crippen LogP contribution < -0.4 is 10.1 Å². The molecule has 0 aromatic heterocycles. The highest BCUT2D eigenvalue weighted by Gasteiger charge is 2.32. The van der Waals surface area contributed by atoms with Crippen LogP contribution in [0, 0.1) is 0 Å². The Morgan fingerprint density at radius 2 is 1.58 bits per heavy atom. The maximum atomic E-state index is 6.40. The number of benzene rings is 3. The van der Waals surface area contributed by atoms with Gasteiger partial charge in [-0.2, -0.15) is 0 Å². The van der Waals surface area contributed by atoms with Crippen molar-refractivity contribution in [1.82, 2.24) is 5.32 Å². The first kappa shape index (κ1) is 15.0. The second kappa shape index (κ2) is 6.50. The maximum absolute atomic E-state index is 6.40. The lowest BCUT2D eigenvalue weighted by Crippen LogP contribution is -2.32. The van der Waals surface area contributed by atoms with Crippen molar-refractivity contribution in [2.24, 2.45) is 0 Å². The number of fused-ring (bicyclic) bond motifs is 1. The molecule has 120 valence electrons. The molecule has 0 bridgehead atoms. The van der Waals surface area contributed by atoms with Crippen molar-refractivity contribution in [3.05, 3.63) is 90.0 Å². The molecule has 2 atom stereocenters. The Labute approximate surface area is 143 Å². The Bertz CT molecular complexity index is 828. The molecule has 1 aliphatic rings. The first-order valence-electron chi connectivity index (χ1n) is 8.42. The van der Waals surface area contributed by atoms with E-state index in [1.54, 1.807) is 0 Å². The summed E-state index contributed by atoms with van der Waals surface area (Å²) in [5.41, 5.74) is 5.06. The Balaban J connectivity index is 1.63. The first-order valence-corrected chi connectivity index (χ1v) is 8.42. The highest BCUT2D eigenvalue weighted by atomic mass is 16.5. The molecule has 0 saturated heterocycles. The van der Waals surface area contributed by atoms with Crippen LogP contribution in [0.2, 0.25) is 0 Å². The van der Waals surface area contributed by atoms with Crippen molar-refractivity contribution in [3.63, 3.8) is 0 Å². The first-order chi connectivity index (χ1) is 11.8. The van der Waals surface area contributed by atoms with E-state index < -0.39 is 0 Å². The van der Waals surface area contributed by atoms with Crippen LogP contribution in [0.25, 0.3) is 11.1 Å². The molecule has 0 saturated carbocycles. The van der Waals surface area contributed by atoms with Crippen LogP contribution in [0.4, 0.5) is 0 Å². The van der Waals surface area contributed by atoms with Crippen LogP contribution in [0.5, 0.6) is 5.75 Å². The van der Waals surface area contributed by atoms with Gasteiger partial charge in [0.25, 0.3) is 0 Å². The van der Waals surface area contributed by atoms with Gasteiger partial charge in [0.1, 0.15) is 11.9 Å². The number of likely N-dealkylation sites (N-methyl/N-ethyl adjacent to an activating group) is 1. The summed E-state index contributed by atoms with van der Waals surface area (Å²) >= 11 is 0. The van der Waals surface area contributed by atoms with Gasteiger partial charge >= 0.3 is 0 Å². The molecule has 0 aliphatic heterocycles. The van der Waals surface area contributed by atoms with E-state index in [0.29, 0.717) is 6.04 Å². The highest BCUT2D eigenvalue weighted by Crippen LogP contribution is 2.36. The minimum Gasteiger partial charge on any atom is -0.484 e. The summed E-state index contributed by atoms with van der Waals surface area (Å²) in [5.74, 6) is 0.915. The van der Waals surface area contributed by atoms with Crippen LogP contribution in [0.15, 0.2) is 78.9 Å². The number of hydrogen-bond acceptors (Lipinski definition) is 2. The van der Waals surface area contributed by atoms with Crippen molar-refractivity contribution in [1.29, 1.82) is 0 Å². The Hall–Kier alpha value is -2.58. The lowest BCUT2D eigenvalue weighted by Gasteiger charge is -2.22. The molecular formula is C22H21NO. The normalized spacial score (nSPS) is 19.0. The molecule has 3 aromatic rings. The monoisotopic (exact) mass is 315 g/mol. The second-order valence-electron chi connectivity index (χ2n) is 6.23. The summed E-state index contributed by atoms with van der Waals surface area (Å²) in [6.45, 7) is 0. The summed E-state index contributed by atoms with van der Waals surface area (Å²) < 4.78 is 6.40. The molecule has 0 radical (unpaired) electrons. The van der Waals surface area contributed by atoms with Gasteiger partial charge in [0.05, 0.1) is 6.04 Å². The molecule has 0 spiro atoms. The zero-order chi connectivity index (χ0) is 16.4. The lowest BCUT2D eigenvalue weighted by molar-refractivity contribution is 0.172. The van der Waals surface area contributed by atoms with Crippen molar-refractivity contribution < 1.29 is 4.74 Å². The van der Waals surface area contributed by atoms with Crippen LogP contribution in [0.3, 0.4) is 0 Å². The number of ether oxygens (including phenoxy) is 1. The number of rotatable bonds is 4. The van der Waals surface area contributed by atoms with Crippen molar-refractivity contribution in [2.45, 2.75) is 18.6 Å². The predicted octanol–water partition coefficient (Wildman–Crippen LogP) is 4.62. The minimum absolute atomic E-state index is 0.0530. The van der Waals surface area contributed by atoms with E-state index in [9.17, 15) is 0 Å². The van der Waals surface area contributed by atoms with E-state index in [0.717, 1.165) is 12.2 Å². The molecule has 0 fully saturated rings. The third kappa shape index (κ3) is 2.81. The molecule has 1 N–H and O–H groups in total. The Morgan fingerprint density at radius 1 is 0.833 bits per heavy atom. The van der Waals surface area contributed by atoms with Crippen molar-refractivity contribution in [2.75, 3.05) is 7.05 Å². The van der Waals surface area contributed by atoms with Gasteiger partial charge in [0.2, 0.25) is 0 Å². The fourth-order valence-electron chi connectivity index (χ4n) is 3.48. The van der Waals surface area contributed by atoms with E-state index in [-0.39, 0.29) is 6.10 Å². The van der Waals surface area contributed by atoms with Gasteiger partial charge in [-0.1, -0.05) is 66.7 Å². The second-order valence-corrected chi connectivity index (χ2v) is 6.23. The topological polar surface area (TPSA) is 21.3 Å². The summed E-state index contributed by atoms with van der Waals surface area (Å²) in [5, 5.41) is 3.40. The minimum atomic E-state index is 0.0530. The molecular weight excluding hydrogens is 294 g/mol. The van der Waals surface area contributed by atoms with Gasteiger partial charge in [-0.05, 0) is 47.9 Å². The zero-order valence-corrected chi connectivity index (χ0v) is 13.8. The van der Waals surface area contributed by atoms with Crippen LogP contribution in [0.1, 0.15) is 17.2 Å². The molecule has 2 heteroatoms. The van der Waals surface area contributed by atoms with Crippen molar-refractivity contribution >= 4 is 0 Å². The van der Waals surface area contributed by atoms with E-state index >= 15 is 0 Å². The number of hydrogen-bond donors (Lipinski definition) is 1. The SMILES string of the molecule is CNC1Cc2ccccc2C1Oc1cccc(-c2ccccc2)c1. The summed E-state index contributed by atoms with van der Waals surface area (Å²) in [7, 11) is 2.01. The van der Waals surface area contributed by atoms with Gasteiger partial charge in [-0.3, -0.25) is 0 Å². The maximum Gasteiger partial charge on any atom is 0.140 e. The van der Waals surface area contributed by atoms with Crippen LogP contribution >= 0.6 is 0 Å². The summed E-state index contributed by atoms with van der Waals surface area (Å²) in [6.07, 6.45) is 1.06. The quantitative estimate of drug-likeness (QED) is 0.758. The lowest BCUT2D eigenvalue weighted by atomic mass is 10.1. The molecule has 4 rings (SSSR count). The van der Waals surface area contributed by atoms with Gasteiger partial charge in [-0.25, -0.2) is 0 Å². The molecule has 3 aromatic carbocycles. The molecule has 24 heavy (non-hydrogen) atoms.